The Hall–Kier alpha value is -2.38. The molecule has 1 aliphatic heterocycles. The summed E-state index contributed by atoms with van der Waals surface area (Å²) in [6, 6.07) is 10.9. The van der Waals surface area contributed by atoms with Crippen molar-refractivity contribution in [2.45, 2.75) is 6.10 Å². The van der Waals surface area contributed by atoms with Gasteiger partial charge in [0.15, 0.2) is 0 Å². The Bertz CT molecular complexity index is 700. The Balaban J connectivity index is 1.60. The highest BCUT2D eigenvalue weighted by Crippen LogP contribution is 2.22. The second-order valence-corrected chi connectivity index (χ2v) is 6.27. The highest BCUT2D eigenvalue weighted by molar-refractivity contribution is 7.12. The lowest BCUT2D eigenvalue weighted by Gasteiger charge is -2.32. The zero-order valence-electron chi connectivity index (χ0n) is 13.2. The normalized spacial score (nSPS) is 17.6. The summed E-state index contributed by atoms with van der Waals surface area (Å²) < 4.78 is 10.7. The van der Waals surface area contributed by atoms with Gasteiger partial charge < -0.3 is 19.7 Å². The van der Waals surface area contributed by atoms with Gasteiger partial charge in [0.25, 0.3) is 11.8 Å². The Morgan fingerprint density at radius 3 is 2.83 bits per heavy atom. The molecule has 1 unspecified atom stereocenters. The molecule has 1 aliphatic rings. The third kappa shape index (κ3) is 3.74. The van der Waals surface area contributed by atoms with Gasteiger partial charge in [-0.3, -0.25) is 9.59 Å². The maximum Gasteiger partial charge on any atom is 0.261 e. The molecular weight excluding hydrogens is 328 g/mol. The van der Waals surface area contributed by atoms with Crippen LogP contribution >= 0.6 is 11.3 Å². The van der Waals surface area contributed by atoms with Gasteiger partial charge in [-0.2, -0.15) is 0 Å². The lowest BCUT2D eigenvalue weighted by Crippen LogP contribution is -2.50. The molecule has 0 bridgehead atoms. The molecule has 1 atom stereocenters. The van der Waals surface area contributed by atoms with Gasteiger partial charge in [-0.15, -0.1) is 11.3 Å². The van der Waals surface area contributed by atoms with Crippen LogP contribution in [0.2, 0.25) is 0 Å². The Morgan fingerprint density at radius 2 is 2.17 bits per heavy atom. The standard InChI is InChI=1S/C17H18N2O4S/c1-22-13-6-4-12(5-7-13)19-10-14(23-11-16(19)20)9-18-17(21)15-3-2-8-24-15/h2-8,14H,9-11H2,1H3,(H,18,21). The SMILES string of the molecule is COc1ccc(N2CC(CNC(=O)c3cccs3)OCC2=O)cc1. The van der Waals surface area contributed by atoms with E-state index < -0.39 is 0 Å². The minimum atomic E-state index is -0.242. The first-order valence-corrected chi connectivity index (χ1v) is 8.43. The lowest BCUT2D eigenvalue weighted by molar-refractivity contribution is -0.129. The third-order valence-electron chi connectivity index (χ3n) is 3.75. The summed E-state index contributed by atoms with van der Waals surface area (Å²) in [5, 5.41) is 4.71. The average molecular weight is 346 g/mol. The Kier molecular flexibility index (Phi) is 5.12. The van der Waals surface area contributed by atoms with Gasteiger partial charge in [0.1, 0.15) is 12.4 Å². The van der Waals surface area contributed by atoms with Gasteiger partial charge in [-0.05, 0) is 35.7 Å². The fourth-order valence-electron chi connectivity index (χ4n) is 2.46. The molecule has 126 valence electrons. The number of thiophene rings is 1. The molecule has 6 nitrogen and oxygen atoms in total. The van der Waals surface area contributed by atoms with E-state index in [1.54, 1.807) is 18.1 Å². The minimum absolute atomic E-state index is 0.00552. The second kappa shape index (κ2) is 7.46. The molecule has 2 aromatic rings. The second-order valence-electron chi connectivity index (χ2n) is 5.32. The van der Waals surface area contributed by atoms with Crippen molar-refractivity contribution in [3.63, 3.8) is 0 Å². The van der Waals surface area contributed by atoms with Gasteiger partial charge >= 0.3 is 0 Å². The first kappa shape index (κ1) is 16.5. The summed E-state index contributed by atoms with van der Waals surface area (Å²) in [6.07, 6.45) is -0.242. The van der Waals surface area contributed by atoms with Gasteiger partial charge in [0, 0.05) is 12.2 Å². The van der Waals surface area contributed by atoms with Crippen LogP contribution in [0.25, 0.3) is 0 Å². The molecule has 2 heterocycles. The van der Waals surface area contributed by atoms with Crippen LogP contribution in [0.5, 0.6) is 5.75 Å². The highest BCUT2D eigenvalue weighted by Gasteiger charge is 2.27. The fraction of sp³-hybridized carbons (Fsp3) is 0.294. The molecule has 24 heavy (non-hydrogen) atoms. The Morgan fingerprint density at radius 1 is 1.38 bits per heavy atom. The number of nitrogens with one attached hydrogen (secondary N) is 1. The van der Waals surface area contributed by atoms with Gasteiger partial charge in [-0.25, -0.2) is 0 Å². The van der Waals surface area contributed by atoms with Crippen LogP contribution in [-0.4, -0.2) is 44.7 Å². The largest absolute Gasteiger partial charge is 0.497 e. The molecule has 1 aromatic carbocycles. The molecular formula is C17H18N2O4S. The summed E-state index contributed by atoms with van der Waals surface area (Å²) in [4.78, 5) is 26.4. The van der Waals surface area contributed by atoms with Crippen LogP contribution in [-0.2, 0) is 9.53 Å². The number of carbonyl (C=O) groups excluding carboxylic acids is 2. The van der Waals surface area contributed by atoms with Crippen LogP contribution in [0, 0.1) is 0 Å². The van der Waals surface area contributed by atoms with E-state index in [1.807, 2.05) is 35.7 Å². The maximum absolute atomic E-state index is 12.1. The summed E-state index contributed by atoms with van der Waals surface area (Å²) in [5.74, 6) is 0.515. The molecule has 1 N–H and O–H groups in total. The average Bonchev–Trinajstić information content (AvgIpc) is 3.15. The van der Waals surface area contributed by atoms with E-state index in [1.165, 1.54) is 11.3 Å². The first-order chi connectivity index (χ1) is 11.7. The molecule has 0 radical (unpaired) electrons. The number of carbonyl (C=O) groups is 2. The number of hydrogen-bond acceptors (Lipinski definition) is 5. The van der Waals surface area contributed by atoms with Crippen molar-refractivity contribution in [2.75, 3.05) is 31.7 Å². The number of amides is 2. The predicted molar refractivity (Wildman–Crippen MR) is 91.7 cm³/mol. The van der Waals surface area contributed by atoms with E-state index in [-0.39, 0.29) is 24.5 Å². The monoisotopic (exact) mass is 346 g/mol. The molecule has 1 fully saturated rings. The number of morpholine rings is 1. The van der Waals surface area contributed by atoms with Crippen LogP contribution < -0.4 is 15.0 Å². The quantitative estimate of drug-likeness (QED) is 0.898. The van der Waals surface area contributed by atoms with Crippen molar-refractivity contribution in [1.29, 1.82) is 0 Å². The van der Waals surface area contributed by atoms with Crippen LogP contribution in [0.1, 0.15) is 9.67 Å². The van der Waals surface area contributed by atoms with Crippen LogP contribution in [0.3, 0.4) is 0 Å². The predicted octanol–water partition coefficient (Wildman–Crippen LogP) is 1.92. The molecule has 1 saturated heterocycles. The summed E-state index contributed by atoms with van der Waals surface area (Å²) in [6.45, 7) is 0.762. The summed E-state index contributed by atoms with van der Waals surface area (Å²) in [5.41, 5.74) is 0.790. The topological polar surface area (TPSA) is 67.9 Å². The van der Waals surface area contributed by atoms with Crippen molar-refractivity contribution in [2.24, 2.45) is 0 Å². The molecule has 0 saturated carbocycles. The number of nitrogens with zero attached hydrogens (tertiary/aromatic N) is 1. The molecule has 2 amide bonds. The van der Waals surface area contributed by atoms with Crippen molar-refractivity contribution < 1.29 is 19.1 Å². The minimum Gasteiger partial charge on any atom is -0.497 e. The van der Waals surface area contributed by atoms with Gasteiger partial charge in [0.05, 0.1) is 24.6 Å². The molecule has 1 aromatic heterocycles. The summed E-state index contributed by atoms with van der Waals surface area (Å²) in [7, 11) is 1.60. The number of rotatable bonds is 5. The van der Waals surface area contributed by atoms with Gasteiger partial charge in [-0.1, -0.05) is 6.07 Å². The number of ether oxygens (including phenoxy) is 2. The van der Waals surface area contributed by atoms with E-state index in [4.69, 9.17) is 9.47 Å². The lowest BCUT2D eigenvalue weighted by atomic mass is 10.2. The van der Waals surface area contributed by atoms with Crippen molar-refractivity contribution in [3.05, 3.63) is 46.7 Å². The number of methoxy groups -OCH3 is 1. The van der Waals surface area contributed by atoms with Crippen LogP contribution in [0.4, 0.5) is 5.69 Å². The van der Waals surface area contributed by atoms with E-state index in [0.717, 1.165) is 11.4 Å². The Labute approximate surface area is 144 Å². The zero-order chi connectivity index (χ0) is 16.9. The number of hydrogen-bond donors (Lipinski definition) is 1. The van der Waals surface area contributed by atoms with Crippen molar-refractivity contribution in [3.8, 4) is 5.75 Å². The molecule has 0 aliphatic carbocycles. The van der Waals surface area contributed by atoms with E-state index in [0.29, 0.717) is 18.0 Å². The third-order valence-corrected chi connectivity index (χ3v) is 4.62. The molecule has 0 spiro atoms. The zero-order valence-corrected chi connectivity index (χ0v) is 14.0. The maximum atomic E-state index is 12.1. The molecule has 3 rings (SSSR count). The van der Waals surface area contributed by atoms with E-state index >= 15 is 0 Å². The fourth-order valence-corrected chi connectivity index (χ4v) is 3.10. The van der Waals surface area contributed by atoms with Crippen molar-refractivity contribution >= 4 is 28.8 Å². The van der Waals surface area contributed by atoms with E-state index in [9.17, 15) is 9.59 Å². The highest BCUT2D eigenvalue weighted by atomic mass is 32.1. The van der Waals surface area contributed by atoms with Crippen molar-refractivity contribution in [1.82, 2.24) is 5.32 Å². The number of benzene rings is 1. The van der Waals surface area contributed by atoms with Crippen LogP contribution in [0.15, 0.2) is 41.8 Å². The number of anilines is 1. The molecule has 7 heteroatoms. The smallest absolute Gasteiger partial charge is 0.261 e. The van der Waals surface area contributed by atoms with E-state index in [2.05, 4.69) is 5.32 Å². The summed E-state index contributed by atoms with van der Waals surface area (Å²) >= 11 is 1.39. The van der Waals surface area contributed by atoms with Gasteiger partial charge in [0.2, 0.25) is 0 Å². The first-order valence-electron chi connectivity index (χ1n) is 7.55.